The van der Waals surface area contributed by atoms with Crippen molar-refractivity contribution in [3.63, 3.8) is 0 Å². The van der Waals surface area contributed by atoms with E-state index in [0.29, 0.717) is 5.56 Å². The van der Waals surface area contributed by atoms with Gasteiger partial charge in [-0.05, 0) is 18.6 Å². The van der Waals surface area contributed by atoms with Crippen LogP contribution in [-0.4, -0.2) is 31.1 Å². The third-order valence-corrected chi connectivity index (χ3v) is 3.96. The Kier molecular flexibility index (Phi) is 3.29. The van der Waals surface area contributed by atoms with Gasteiger partial charge < -0.3 is 14.2 Å². The summed E-state index contributed by atoms with van der Waals surface area (Å²) < 4.78 is 16.5. The highest BCUT2D eigenvalue weighted by Crippen LogP contribution is 2.47. The first-order chi connectivity index (χ1) is 9.21. The monoisotopic (exact) mass is 262 g/mol. The van der Waals surface area contributed by atoms with Crippen molar-refractivity contribution in [2.45, 2.75) is 43.7 Å². The van der Waals surface area contributed by atoms with E-state index in [4.69, 9.17) is 14.2 Å². The third-order valence-electron chi connectivity index (χ3n) is 3.96. The summed E-state index contributed by atoms with van der Waals surface area (Å²) in [6.07, 6.45) is 3.37. The molecule has 1 saturated carbocycles. The number of rotatable bonds is 3. The van der Waals surface area contributed by atoms with Gasteiger partial charge >= 0.3 is 5.97 Å². The summed E-state index contributed by atoms with van der Waals surface area (Å²) in [5.41, 5.74) is 0.494. The number of carbonyl (C=O) groups excluding carboxylic acids is 1. The van der Waals surface area contributed by atoms with Crippen molar-refractivity contribution in [1.82, 2.24) is 0 Å². The smallest absolute Gasteiger partial charge is 0.338 e. The lowest BCUT2D eigenvalue weighted by Crippen LogP contribution is -2.49. The van der Waals surface area contributed by atoms with Crippen LogP contribution in [0.2, 0.25) is 0 Å². The average molecular weight is 262 g/mol. The van der Waals surface area contributed by atoms with Gasteiger partial charge in [0.15, 0.2) is 6.29 Å². The molecular weight excluding hydrogens is 244 g/mol. The van der Waals surface area contributed by atoms with Gasteiger partial charge in [-0.1, -0.05) is 18.2 Å². The van der Waals surface area contributed by atoms with Crippen LogP contribution in [0.3, 0.4) is 0 Å². The van der Waals surface area contributed by atoms with E-state index in [1.54, 1.807) is 19.2 Å². The average Bonchev–Trinajstić information content (AvgIpc) is 2.84. The van der Waals surface area contributed by atoms with Gasteiger partial charge in [0.1, 0.15) is 6.10 Å². The summed E-state index contributed by atoms with van der Waals surface area (Å²) in [7, 11) is 1.66. The molecule has 1 aliphatic heterocycles. The largest absolute Gasteiger partial charge is 0.459 e. The minimum atomic E-state index is -0.248. The van der Waals surface area contributed by atoms with E-state index in [1.165, 1.54) is 0 Å². The highest BCUT2D eigenvalue weighted by atomic mass is 16.7. The lowest BCUT2D eigenvalue weighted by Gasteiger charge is -2.43. The first-order valence-corrected chi connectivity index (χ1v) is 6.67. The van der Waals surface area contributed by atoms with Crippen molar-refractivity contribution >= 4 is 5.97 Å². The molecule has 4 nitrogen and oxygen atoms in total. The van der Waals surface area contributed by atoms with E-state index in [1.807, 2.05) is 18.2 Å². The lowest BCUT2D eigenvalue weighted by atomic mass is 9.75. The highest BCUT2D eigenvalue weighted by Gasteiger charge is 2.52. The summed E-state index contributed by atoms with van der Waals surface area (Å²) >= 11 is 0. The van der Waals surface area contributed by atoms with Crippen molar-refractivity contribution in [3.05, 3.63) is 35.9 Å². The number of ether oxygens (including phenoxy) is 3. The lowest BCUT2D eigenvalue weighted by molar-refractivity contribution is -0.205. The molecule has 0 bridgehead atoms. The SMILES string of the molecule is CO[C@H]1CC[C@]2(C[C@H](OC(=O)c3ccccc3)C2)O1. The minimum Gasteiger partial charge on any atom is -0.459 e. The van der Waals surface area contributed by atoms with Crippen molar-refractivity contribution in [2.75, 3.05) is 7.11 Å². The standard InChI is InChI=1S/C15H18O4/c1-17-13-7-8-15(19-13)9-12(10-15)18-14(16)11-5-3-2-4-6-11/h2-6,12-13H,7-10H2,1H3/t12-,13-,15+/m1/s1. The van der Waals surface area contributed by atoms with Crippen LogP contribution in [0.15, 0.2) is 30.3 Å². The van der Waals surface area contributed by atoms with E-state index in [2.05, 4.69) is 0 Å². The van der Waals surface area contributed by atoms with Gasteiger partial charge in [0, 0.05) is 26.4 Å². The fourth-order valence-electron chi connectivity index (χ4n) is 2.89. The molecule has 19 heavy (non-hydrogen) atoms. The van der Waals surface area contributed by atoms with Crippen molar-refractivity contribution in [1.29, 1.82) is 0 Å². The Hall–Kier alpha value is -1.39. The van der Waals surface area contributed by atoms with Crippen LogP contribution < -0.4 is 0 Å². The van der Waals surface area contributed by atoms with Crippen LogP contribution in [0.1, 0.15) is 36.0 Å². The van der Waals surface area contributed by atoms with Crippen LogP contribution in [0.5, 0.6) is 0 Å². The number of methoxy groups -OCH3 is 1. The van der Waals surface area contributed by atoms with Gasteiger partial charge in [0.25, 0.3) is 0 Å². The predicted octanol–water partition coefficient (Wildman–Crippen LogP) is 2.53. The molecule has 0 radical (unpaired) electrons. The van der Waals surface area contributed by atoms with E-state index < -0.39 is 0 Å². The zero-order valence-corrected chi connectivity index (χ0v) is 11.0. The number of esters is 1. The number of hydrogen-bond donors (Lipinski definition) is 0. The topological polar surface area (TPSA) is 44.8 Å². The van der Waals surface area contributed by atoms with Gasteiger partial charge in [-0.2, -0.15) is 0 Å². The molecule has 1 aromatic rings. The highest BCUT2D eigenvalue weighted by molar-refractivity contribution is 5.89. The fraction of sp³-hybridized carbons (Fsp3) is 0.533. The summed E-state index contributed by atoms with van der Waals surface area (Å²) in [6.45, 7) is 0. The van der Waals surface area contributed by atoms with E-state index in [-0.39, 0.29) is 24.0 Å². The van der Waals surface area contributed by atoms with Crippen LogP contribution >= 0.6 is 0 Å². The first-order valence-electron chi connectivity index (χ1n) is 6.67. The van der Waals surface area contributed by atoms with Crippen molar-refractivity contribution < 1.29 is 19.0 Å². The van der Waals surface area contributed by atoms with Gasteiger partial charge in [-0.3, -0.25) is 0 Å². The molecule has 1 heterocycles. The molecule has 0 N–H and O–H groups in total. The fourth-order valence-corrected chi connectivity index (χ4v) is 2.89. The van der Waals surface area contributed by atoms with Crippen LogP contribution in [-0.2, 0) is 14.2 Å². The molecule has 1 saturated heterocycles. The van der Waals surface area contributed by atoms with Crippen LogP contribution in [0.4, 0.5) is 0 Å². The molecule has 2 aliphatic rings. The quantitative estimate of drug-likeness (QED) is 0.785. The molecule has 1 aliphatic carbocycles. The summed E-state index contributed by atoms with van der Waals surface area (Å²) in [6, 6.07) is 9.09. The molecule has 0 unspecified atom stereocenters. The second-order valence-electron chi connectivity index (χ2n) is 5.31. The second kappa shape index (κ2) is 4.94. The van der Waals surface area contributed by atoms with Crippen molar-refractivity contribution in [2.24, 2.45) is 0 Å². The number of benzene rings is 1. The maximum atomic E-state index is 11.9. The second-order valence-corrected chi connectivity index (χ2v) is 5.31. The van der Waals surface area contributed by atoms with Gasteiger partial charge in [0.05, 0.1) is 11.2 Å². The maximum absolute atomic E-state index is 11.9. The van der Waals surface area contributed by atoms with E-state index in [0.717, 1.165) is 25.7 Å². The molecule has 1 atom stereocenters. The van der Waals surface area contributed by atoms with Crippen LogP contribution in [0.25, 0.3) is 0 Å². The molecule has 1 spiro atoms. The molecule has 0 amide bonds. The summed E-state index contributed by atoms with van der Waals surface area (Å²) in [5.74, 6) is -0.248. The molecule has 1 aromatic carbocycles. The Morgan fingerprint density at radius 3 is 2.68 bits per heavy atom. The maximum Gasteiger partial charge on any atom is 0.338 e. The Morgan fingerprint density at radius 2 is 2.05 bits per heavy atom. The third kappa shape index (κ3) is 2.51. The zero-order valence-electron chi connectivity index (χ0n) is 11.0. The number of hydrogen-bond acceptors (Lipinski definition) is 4. The Labute approximate surface area is 112 Å². The van der Waals surface area contributed by atoms with E-state index >= 15 is 0 Å². The Balaban J connectivity index is 1.51. The van der Waals surface area contributed by atoms with Gasteiger partial charge in [-0.15, -0.1) is 0 Å². The summed E-state index contributed by atoms with van der Waals surface area (Å²) in [4.78, 5) is 11.9. The summed E-state index contributed by atoms with van der Waals surface area (Å²) in [5, 5.41) is 0. The zero-order chi connectivity index (χ0) is 13.3. The first kappa shape index (κ1) is 12.6. The Morgan fingerprint density at radius 1 is 1.32 bits per heavy atom. The van der Waals surface area contributed by atoms with Gasteiger partial charge in [-0.25, -0.2) is 4.79 Å². The van der Waals surface area contributed by atoms with Crippen molar-refractivity contribution in [3.8, 4) is 0 Å². The molecule has 102 valence electrons. The Bertz CT molecular complexity index is 450. The van der Waals surface area contributed by atoms with Gasteiger partial charge in [0.2, 0.25) is 0 Å². The molecular formula is C15H18O4. The minimum absolute atomic E-state index is 0.0247. The molecule has 0 aromatic heterocycles. The molecule has 3 rings (SSSR count). The normalized spacial score (nSPS) is 33.1. The number of carbonyl (C=O) groups is 1. The predicted molar refractivity (Wildman–Crippen MR) is 68.7 cm³/mol. The van der Waals surface area contributed by atoms with Crippen LogP contribution in [0, 0.1) is 0 Å². The van der Waals surface area contributed by atoms with E-state index in [9.17, 15) is 4.79 Å². The molecule has 2 fully saturated rings. The molecule has 4 heteroatoms.